The first-order valence-electron chi connectivity index (χ1n) is 11.1. The molecule has 0 unspecified atom stereocenters. The highest BCUT2D eigenvalue weighted by Gasteiger charge is 2.23. The number of rotatable bonds is 7. The summed E-state index contributed by atoms with van der Waals surface area (Å²) in [6, 6.07) is 16.0. The minimum atomic E-state index is 0.131. The molecule has 34 heavy (non-hydrogen) atoms. The Labute approximate surface area is 206 Å². The average Bonchev–Trinajstić information content (AvgIpc) is 3.45. The number of para-hydroxylation sites is 1. The van der Waals surface area contributed by atoms with Crippen molar-refractivity contribution in [1.82, 2.24) is 29.5 Å². The molecule has 0 spiro atoms. The van der Waals surface area contributed by atoms with Crippen LogP contribution >= 0.6 is 23.1 Å². The predicted octanol–water partition coefficient (Wildman–Crippen LogP) is 3.63. The van der Waals surface area contributed by atoms with Gasteiger partial charge < -0.3 is 9.64 Å². The van der Waals surface area contributed by atoms with E-state index in [9.17, 15) is 4.79 Å². The van der Waals surface area contributed by atoms with Gasteiger partial charge in [0, 0.05) is 31.9 Å². The summed E-state index contributed by atoms with van der Waals surface area (Å²) in [5.41, 5.74) is 2.01. The fourth-order valence-electron chi connectivity index (χ4n) is 4.02. The third-order valence-corrected chi connectivity index (χ3v) is 7.81. The van der Waals surface area contributed by atoms with Crippen LogP contribution in [0.1, 0.15) is 10.8 Å². The van der Waals surface area contributed by atoms with E-state index in [4.69, 9.17) is 9.72 Å². The van der Waals surface area contributed by atoms with E-state index >= 15 is 0 Å². The van der Waals surface area contributed by atoms with Crippen molar-refractivity contribution >= 4 is 39.2 Å². The van der Waals surface area contributed by atoms with Crippen LogP contribution in [0.5, 0.6) is 5.75 Å². The van der Waals surface area contributed by atoms with Crippen molar-refractivity contribution < 1.29 is 9.53 Å². The van der Waals surface area contributed by atoms with Gasteiger partial charge in [-0.05, 0) is 43.3 Å². The zero-order valence-electron chi connectivity index (χ0n) is 19.2. The highest BCUT2D eigenvalue weighted by atomic mass is 32.2. The molecule has 0 N–H and O–H groups in total. The predicted molar refractivity (Wildman–Crippen MR) is 135 cm³/mol. The molecule has 1 aliphatic heterocycles. The van der Waals surface area contributed by atoms with Crippen LogP contribution in [0.15, 0.2) is 53.7 Å². The molecular weight excluding hydrogens is 468 g/mol. The first-order valence-corrected chi connectivity index (χ1v) is 12.9. The second-order valence-corrected chi connectivity index (χ2v) is 10.1. The minimum Gasteiger partial charge on any atom is -0.497 e. The monoisotopic (exact) mass is 494 g/mol. The number of fused-ring (bicyclic) bond motifs is 1. The van der Waals surface area contributed by atoms with E-state index in [1.54, 1.807) is 18.4 Å². The maximum Gasteiger partial charge on any atom is 0.233 e. The molecule has 8 nitrogen and oxygen atoms in total. The number of amides is 1. The molecule has 0 radical (unpaired) electrons. The largest absolute Gasteiger partial charge is 0.497 e. The Morgan fingerprint density at radius 1 is 1.06 bits per heavy atom. The third-order valence-electron chi connectivity index (χ3n) is 5.87. The lowest BCUT2D eigenvalue weighted by molar-refractivity contribution is -0.130. The highest BCUT2D eigenvalue weighted by molar-refractivity contribution is 7.99. The lowest BCUT2D eigenvalue weighted by Crippen LogP contribution is -2.48. The summed E-state index contributed by atoms with van der Waals surface area (Å²) in [6.07, 6.45) is 0. The molecule has 3 heterocycles. The van der Waals surface area contributed by atoms with Gasteiger partial charge in [-0.1, -0.05) is 23.9 Å². The van der Waals surface area contributed by atoms with E-state index in [0.717, 1.165) is 60.5 Å². The number of hydrogen-bond acceptors (Lipinski definition) is 8. The van der Waals surface area contributed by atoms with Gasteiger partial charge in [-0.15, -0.1) is 21.5 Å². The standard InChI is InChI=1S/C24H26N6O2S2/c1-17-26-27-24(30(17)18-7-9-19(32-2)10-8-18)33-16-23(31)29-13-11-28(12-14-29)15-22-25-20-5-3-4-6-21(20)34-22/h3-10H,11-16H2,1-2H3. The molecule has 0 saturated carbocycles. The molecule has 10 heteroatoms. The van der Waals surface area contributed by atoms with Crippen molar-refractivity contribution in [2.75, 3.05) is 39.0 Å². The molecule has 2 aromatic heterocycles. The summed E-state index contributed by atoms with van der Waals surface area (Å²) >= 11 is 3.17. The van der Waals surface area contributed by atoms with Crippen molar-refractivity contribution in [3.8, 4) is 11.4 Å². The van der Waals surface area contributed by atoms with Gasteiger partial charge in [0.25, 0.3) is 0 Å². The number of piperazine rings is 1. The van der Waals surface area contributed by atoms with E-state index in [1.165, 1.54) is 16.5 Å². The Balaban J connectivity index is 1.15. The Morgan fingerprint density at radius 2 is 1.82 bits per heavy atom. The maximum absolute atomic E-state index is 12.9. The van der Waals surface area contributed by atoms with Crippen LogP contribution in [0.3, 0.4) is 0 Å². The number of carbonyl (C=O) groups is 1. The van der Waals surface area contributed by atoms with Crippen molar-refractivity contribution in [1.29, 1.82) is 0 Å². The summed E-state index contributed by atoms with van der Waals surface area (Å²) in [6.45, 7) is 5.91. The van der Waals surface area contributed by atoms with Gasteiger partial charge in [0.15, 0.2) is 5.16 Å². The molecule has 0 aliphatic carbocycles. The van der Waals surface area contributed by atoms with E-state index in [-0.39, 0.29) is 5.91 Å². The zero-order valence-corrected chi connectivity index (χ0v) is 20.8. The van der Waals surface area contributed by atoms with Gasteiger partial charge >= 0.3 is 0 Å². The first-order chi connectivity index (χ1) is 16.6. The summed E-state index contributed by atoms with van der Waals surface area (Å²) in [5.74, 6) is 2.04. The molecule has 176 valence electrons. The number of benzene rings is 2. The van der Waals surface area contributed by atoms with Crippen LogP contribution in [0, 0.1) is 6.92 Å². The van der Waals surface area contributed by atoms with Gasteiger partial charge in [0.2, 0.25) is 5.91 Å². The fourth-order valence-corrected chi connectivity index (χ4v) is 5.93. The molecule has 1 fully saturated rings. The number of carbonyl (C=O) groups excluding carboxylic acids is 1. The Kier molecular flexibility index (Phi) is 6.80. The second kappa shape index (κ2) is 10.1. The molecule has 4 aromatic rings. The highest BCUT2D eigenvalue weighted by Crippen LogP contribution is 2.25. The number of nitrogens with zero attached hydrogens (tertiary/aromatic N) is 6. The van der Waals surface area contributed by atoms with E-state index in [2.05, 4.69) is 27.2 Å². The maximum atomic E-state index is 12.9. The summed E-state index contributed by atoms with van der Waals surface area (Å²) < 4.78 is 8.43. The lowest BCUT2D eigenvalue weighted by atomic mass is 10.3. The summed E-state index contributed by atoms with van der Waals surface area (Å²) in [5, 5.41) is 10.3. The van der Waals surface area contributed by atoms with Crippen LogP contribution in [-0.2, 0) is 11.3 Å². The van der Waals surface area contributed by atoms with Gasteiger partial charge in [-0.25, -0.2) is 4.98 Å². The zero-order chi connectivity index (χ0) is 23.5. The van der Waals surface area contributed by atoms with Crippen LogP contribution in [0.4, 0.5) is 0 Å². The quantitative estimate of drug-likeness (QED) is 0.363. The molecule has 2 aromatic carbocycles. The van der Waals surface area contributed by atoms with Gasteiger partial charge in [0.1, 0.15) is 16.6 Å². The van der Waals surface area contributed by atoms with E-state index < -0.39 is 0 Å². The van der Waals surface area contributed by atoms with Crippen molar-refractivity contribution in [3.63, 3.8) is 0 Å². The molecule has 5 rings (SSSR count). The normalized spacial score (nSPS) is 14.6. The van der Waals surface area contributed by atoms with Crippen molar-refractivity contribution in [3.05, 3.63) is 59.4 Å². The van der Waals surface area contributed by atoms with E-state index in [1.807, 2.05) is 52.8 Å². The second-order valence-electron chi connectivity index (χ2n) is 8.08. The average molecular weight is 495 g/mol. The van der Waals surface area contributed by atoms with Crippen LogP contribution in [-0.4, -0.2) is 74.5 Å². The molecular formula is C24H26N6O2S2. The Hall–Kier alpha value is -2.95. The topological polar surface area (TPSA) is 76.4 Å². The number of thioether (sulfide) groups is 1. The number of ether oxygens (including phenoxy) is 1. The van der Waals surface area contributed by atoms with Crippen molar-refractivity contribution in [2.45, 2.75) is 18.6 Å². The van der Waals surface area contributed by atoms with E-state index in [0.29, 0.717) is 10.9 Å². The number of aryl methyl sites for hydroxylation is 1. The fraction of sp³-hybridized carbons (Fsp3) is 0.333. The number of thiazole rings is 1. The van der Waals surface area contributed by atoms with Crippen molar-refractivity contribution in [2.24, 2.45) is 0 Å². The molecule has 0 atom stereocenters. The number of hydrogen-bond donors (Lipinski definition) is 0. The smallest absolute Gasteiger partial charge is 0.233 e. The SMILES string of the molecule is COc1ccc(-n2c(C)nnc2SCC(=O)N2CCN(Cc3nc4ccccc4s3)CC2)cc1. The molecule has 1 amide bonds. The van der Waals surface area contributed by atoms with Crippen LogP contribution in [0.25, 0.3) is 15.9 Å². The minimum absolute atomic E-state index is 0.131. The lowest BCUT2D eigenvalue weighted by Gasteiger charge is -2.34. The molecule has 1 aliphatic rings. The Bertz CT molecular complexity index is 1250. The number of methoxy groups -OCH3 is 1. The van der Waals surface area contributed by atoms with Gasteiger partial charge in [-0.3, -0.25) is 14.3 Å². The first kappa shape index (κ1) is 22.8. The molecule has 0 bridgehead atoms. The third kappa shape index (κ3) is 4.94. The number of aromatic nitrogens is 4. The molecule has 1 saturated heterocycles. The summed E-state index contributed by atoms with van der Waals surface area (Å²) in [4.78, 5) is 22.0. The van der Waals surface area contributed by atoms with Gasteiger partial charge in [-0.2, -0.15) is 0 Å². The van der Waals surface area contributed by atoms with Crippen LogP contribution in [0.2, 0.25) is 0 Å². The Morgan fingerprint density at radius 3 is 2.56 bits per heavy atom. The summed E-state index contributed by atoms with van der Waals surface area (Å²) in [7, 11) is 1.65. The van der Waals surface area contributed by atoms with Gasteiger partial charge in [0.05, 0.1) is 29.6 Å². The van der Waals surface area contributed by atoms with Crippen LogP contribution < -0.4 is 4.74 Å².